The van der Waals surface area contributed by atoms with Crippen molar-refractivity contribution in [3.05, 3.63) is 0 Å². The summed E-state index contributed by atoms with van der Waals surface area (Å²) in [4.78, 5) is 13.9. The first-order chi connectivity index (χ1) is 9.01. The molecule has 0 spiro atoms. The molecule has 0 radical (unpaired) electrons. The SMILES string of the molecule is CCCC1CCN(CCCCC(C)(NC)C(N)=O)C1. The Morgan fingerprint density at radius 1 is 1.47 bits per heavy atom. The first-order valence-corrected chi connectivity index (χ1v) is 7.73. The van der Waals surface area contributed by atoms with E-state index in [9.17, 15) is 4.79 Å². The standard InChI is InChI=1S/C15H31N3O/c1-4-7-13-8-11-18(12-13)10-6-5-9-15(2,17-3)14(16)19/h13,17H,4-12H2,1-3H3,(H2,16,19). The number of carbonyl (C=O) groups excluding carboxylic acids is 1. The lowest BCUT2D eigenvalue weighted by Crippen LogP contribution is -2.51. The molecule has 1 fully saturated rings. The summed E-state index contributed by atoms with van der Waals surface area (Å²) in [6, 6.07) is 0. The van der Waals surface area contributed by atoms with E-state index >= 15 is 0 Å². The van der Waals surface area contributed by atoms with Crippen LogP contribution in [0.2, 0.25) is 0 Å². The summed E-state index contributed by atoms with van der Waals surface area (Å²) in [5, 5.41) is 3.04. The van der Waals surface area contributed by atoms with E-state index in [1.807, 2.05) is 6.92 Å². The molecule has 2 atom stereocenters. The van der Waals surface area contributed by atoms with E-state index in [0.29, 0.717) is 0 Å². The van der Waals surface area contributed by atoms with E-state index in [2.05, 4.69) is 17.1 Å². The van der Waals surface area contributed by atoms with Crippen LogP contribution in [0.5, 0.6) is 0 Å². The fraction of sp³-hybridized carbons (Fsp3) is 0.933. The maximum Gasteiger partial charge on any atom is 0.237 e. The Labute approximate surface area is 118 Å². The fourth-order valence-corrected chi connectivity index (χ4v) is 2.95. The van der Waals surface area contributed by atoms with Gasteiger partial charge >= 0.3 is 0 Å². The van der Waals surface area contributed by atoms with Crippen LogP contribution in [0, 0.1) is 5.92 Å². The fourth-order valence-electron chi connectivity index (χ4n) is 2.95. The average molecular weight is 269 g/mol. The molecule has 1 heterocycles. The summed E-state index contributed by atoms with van der Waals surface area (Å²) in [5.41, 5.74) is 4.88. The van der Waals surface area contributed by atoms with Crippen LogP contribution >= 0.6 is 0 Å². The van der Waals surface area contributed by atoms with Crippen LogP contribution in [0.4, 0.5) is 0 Å². The Morgan fingerprint density at radius 2 is 2.21 bits per heavy atom. The molecule has 3 N–H and O–H groups in total. The molecule has 0 aromatic rings. The number of amides is 1. The van der Waals surface area contributed by atoms with Gasteiger partial charge in [-0.15, -0.1) is 0 Å². The first-order valence-electron chi connectivity index (χ1n) is 7.73. The van der Waals surface area contributed by atoms with Crippen molar-refractivity contribution >= 4 is 5.91 Å². The highest BCUT2D eigenvalue weighted by molar-refractivity contribution is 5.84. The molecule has 1 saturated heterocycles. The highest BCUT2D eigenvalue weighted by Crippen LogP contribution is 2.21. The summed E-state index contributed by atoms with van der Waals surface area (Å²) >= 11 is 0. The van der Waals surface area contributed by atoms with Crippen molar-refractivity contribution in [1.82, 2.24) is 10.2 Å². The Morgan fingerprint density at radius 3 is 2.79 bits per heavy atom. The van der Waals surface area contributed by atoms with Gasteiger partial charge in [-0.05, 0) is 65.1 Å². The topological polar surface area (TPSA) is 58.4 Å². The van der Waals surface area contributed by atoms with Gasteiger partial charge in [0.25, 0.3) is 0 Å². The number of rotatable bonds is 9. The Bertz CT molecular complexity index is 283. The number of primary amides is 1. The first kappa shape index (κ1) is 16.4. The van der Waals surface area contributed by atoms with E-state index < -0.39 is 5.54 Å². The molecule has 1 amide bonds. The minimum absolute atomic E-state index is 0.251. The second-order valence-electron chi connectivity index (χ2n) is 6.15. The number of unbranched alkanes of at least 4 members (excludes halogenated alkanes) is 1. The second-order valence-corrected chi connectivity index (χ2v) is 6.15. The number of hydrogen-bond donors (Lipinski definition) is 2. The minimum Gasteiger partial charge on any atom is -0.368 e. The van der Waals surface area contributed by atoms with Crippen LogP contribution in [-0.2, 0) is 4.79 Å². The normalized spacial score (nSPS) is 23.4. The summed E-state index contributed by atoms with van der Waals surface area (Å²) in [6.07, 6.45) is 7.07. The van der Waals surface area contributed by atoms with Gasteiger partial charge in [-0.1, -0.05) is 13.3 Å². The Hall–Kier alpha value is -0.610. The van der Waals surface area contributed by atoms with Crippen molar-refractivity contribution in [2.24, 2.45) is 11.7 Å². The number of nitrogens with two attached hydrogens (primary N) is 1. The molecular weight excluding hydrogens is 238 g/mol. The van der Waals surface area contributed by atoms with Crippen LogP contribution in [-0.4, -0.2) is 43.0 Å². The molecular formula is C15H31N3O. The molecule has 0 aliphatic carbocycles. The number of likely N-dealkylation sites (tertiary alicyclic amines) is 1. The van der Waals surface area contributed by atoms with E-state index in [4.69, 9.17) is 5.73 Å². The third kappa shape index (κ3) is 5.11. The highest BCUT2D eigenvalue weighted by atomic mass is 16.1. The number of nitrogens with one attached hydrogen (secondary N) is 1. The van der Waals surface area contributed by atoms with E-state index in [1.54, 1.807) is 7.05 Å². The molecule has 19 heavy (non-hydrogen) atoms. The lowest BCUT2D eigenvalue weighted by Gasteiger charge is -2.25. The molecule has 0 aromatic heterocycles. The quantitative estimate of drug-likeness (QED) is 0.627. The molecule has 0 bridgehead atoms. The van der Waals surface area contributed by atoms with Crippen molar-refractivity contribution in [1.29, 1.82) is 0 Å². The van der Waals surface area contributed by atoms with Gasteiger partial charge in [0, 0.05) is 6.54 Å². The van der Waals surface area contributed by atoms with E-state index in [0.717, 1.165) is 25.2 Å². The maximum absolute atomic E-state index is 11.4. The zero-order valence-corrected chi connectivity index (χ0v) is 12.9. The number of nitrogens with zero attached hydrogens (tertiary/aromatic N) is 1. The van der Waals surface area contributed by atoms with Crippen LogP contribution in [0.25, 0.3) is 0 Å². The van der Waals surface area contributed by atoms with Crippen LogP contribution in [0.15, 0.2) is 0 Å². The number of likely N-dealkylation sites (N-methyl/N-ethyl adjacent to an activating group) is 1. The van der Waals surface area contributed by atoms with E-state index in [1.165, 1.54) is 38.9 Å². The average Bonchev–Trinajstić information content (AvgIpc) is 2.82. The third-order valence-electron chi connectivity index (χ3n) is 4.56. The van der Waals surface area contributed by atoms with E-state index in [-0.39, 0.29) is 5.91 Å². The Balaban J connectivity index is 2.16. The largest absolute Gasteiger partial charge is 0.368 e. The molecule has 0 aromatic carbocycles. The van der Waals surface area contributed by atoms with Crippen LogP contribution in [0.3, 0.4) is 0 Å². The van der Waals surface area contributed by atoms with Gasteiger partial charge in [-0.3, -0.25) is 4.79 Å². The molecule has 1 aliphatic heterocycles. The molecule has 1 rings (SSSR count). The van der Waals surface area contributed by atoms with Crippen molar-refractivity contribution in [3.63, 3.8) is 0 Å². The third-order valence-corrected chi connectivity index (χ3v) is 4.56. The van der Waals surface area contributed by atoms with Crippen LogP contribution < -0.4 is 11.1 Å². The smallest absolute Gasteiger partial charge is 0.237 e. The van der Waals surface area contributed by atoms with Crippen LogP contribution in [0.1, 0.15) is 52.4 Å². The van der Waals surface area contributed by atoms with Crippen molar-refractivity contribution in [2.45, 2.75) is 57.9 Å². The summed E-state index contributed by atoms with van der Waals surface area (Å²) in [7, 11) is 1.81. The van der Waals surface area contributed by atoms with Gasteiger partial charge in [0.15, 0.2) is 0 Å². The zero-order chi connectivity index (χ0) is 14.3. The lowest BCUT2D eigenvalue weighted by molar-refractivity contribution is -0.123. The summed E-state index contributed by atoms with van der Waals surface area (Å²) < 4.78 is 0. The molecule has 0 saturated carbocycles. The maximum atomic E-state index is 11.4. The van der Waals surface area contributed by atoms with Crippen molar-refractivity contribution in [3.8, 4) is 0 Å². The molecule has 112 valence electrons. The monoisotopic (exact) mass is 269 g/mol. The predicted molar refractivity (Wildman–Crippen MR) is 80.0 cm³/mol. The van der Waals surface area contributed by atoms with Gasteiger partial charge in [-0.25, -0.2) is 0 Å². The molecule has 4 nitrogen and oxygen atoms in total. The predicted octanol–water partition coefficient (Wildman–Crippen LogP) is 1.74. The molecule has 4 heteroatoms. The zero-order valence-electron chi connectivity index (χ0n) is 12.9. The minimum atomic E-state index is -0.546. The molecule has 2 unspecified atom stereocenters. The van der Waals surface area contributed by atoms with Crippen molar-refractivity contribution in [2.75, 3.05) is 26.7 Å². The van der Waals surface area contributed by atoms with Gasteiger partial charge < -0.3 is 16.0 Å². The number of carbonyl (C=O) groups is 1. The van der Waals surface area contributed by atoms with Gasteiger partial charge in [0.2, 0.25) is 5.91 Å². The summed E-state index contributed by atoms with van der Waals surface area (Å²) in [5.74, 6) is 0.664. The summed E-state index contributed by atoms with van der Waals surface area (Å²) in [6.45, 7) is 7.85. The number of hydrogen-bond acceptors (Lipinski definition) is 3. The van der Waals surface area contributed by atoms with Gasteiger partial charge in [0.1, 0.15) is 0 Å². The molecule has 1 aliphatic rings. The van der Waals surface area contributed by atoms with Gasteiger partial charge in [0.05, 0.1) is 5.54 Å². The van der Waals surface area contributed by atoms with Crippen molar-refractivity contribution < 1.29 is 4.79 Å². The van der Waals surface area contributed by atoms with Gasteiger partial charge in [-0.2, -0.15) is 0 Å². The lowest BCUT2D eigenvalue weighted by atomic mass is 9.94. The highest BCUT2D eigenvalue weighted by Gasteiger charge is 2.28. The Kier molecular flexibility index (Phi) is 6.80. The second kappa shape index (κ2) is 7.85.